The van der Waals surface area contributed by atoms with E-state index in [0.717, 1.165) is 44.0 Å². The van der Waals surface area contributed by atoms with Crippen molar-refractivity contribution in [1.82, 2.24) is 10.4 Å². The Bertz CT molecular complexity index is 989. The molecule has 8 nitrogen and oxygen atoms in total. The fraction of sp³-hybridized carbons (Fsp3) is 0.304. The summed E-state index contributed by atoms with van der Waals surface area (Å²) in [5, 5.41) is 8.69. The molecule has 2 aliphatic rings. The van der Waals surface area contributed by atoms with Crippen molar-refractivity contribution in [2.45, 2.75) is 12.6 Å². The van der Waals surface area contributed by atoms with Crippen LogP contribution in [0.25, 0.3) is 0 Å². The topological polar surface area (TPSA) is 91.3 Å². The van der Waals surface area contributed by atoms with Crippen LogP contribution in [0.15, 0.2) is 48.5 Å². The highest BCUT2D eigenvalue weighted by molar-refractivity contribution is 5.95. The molecule has 4 rings (SSSR count). The quantitative estimate of drug-likeness (QED) is 0.444. The average molecular weight is 421 g/mol. The van der Waals surface area contributed by atoms with Crippen LogP contribution in [0.1, 0.15) is 16.7 Å². The van der Waals surface area contributed by atoms with E-state index in [1.807, 2.05) is 24.3 Å². The molecular weight excluding hydrogens is 398 g/mol. The number of hydroxylamine groups is 1. The second-order valence-corrected chi connectivity index (χ2v) is 7.34. The van der Waals surface area contributed by atoms with Crippen LogP contribution < -0.4 is 10.4 Å². The van der Waals surface area contributed by atoms with Gasteiger partial charge in [0, 0.05) is 36.4 Å². The van der Waals surface area contributed by atoms with Crippen LogP contribution in [0, 0.1) is 11.8 Å². The Kier molecular flexibility index (Phi) is 6.48. The van der Waals surface area contributed by atoms with E-state index in [0.29, 0.717) is 5.69 Å². The van der Waals surface area contributed by atoms with Gasteiger partial charge in [0.05, 0.1) is 19.8 Å². The number of morpholine rings is 1. The summed E-state index contributed by atoms with van der Waals surface area (Å²) in [5.74, 6) is 5.51. The summed E-state index contributed by atoms with van der Waals surface area (Å²) in [6.07, 6.45) is -1.67. The van der Waals surface area contributed by atoms with Gasteiger partial charge in [-0.25, -0.2) is 10.3 Å². The molecule has 0 aliphatic carbocycles. The van der Waals surface area contributed by atoms with Crippen molar-refractivity contribution in [3.63, 3.8) is 0 Å². The zero-order valence-corrected chi connectivity index (χ0v) is 16.9. The van der Waals surface area contributed by atoms with Crippen molar-refractivity contribution in [3.8, 4) is 11.8 Å². The summed E-state index contributed by atoms with van der Waals surface area (Å²) < 4.78 is 10.3. The predicted molar refractivity (Wildman–Crippen MR) is 113 cm³/mol. The Morgan fingerprint density at radius 3 is 2.26 bits per heavy atom. The lowest BCUT2D eigenvalue weighted by Crippen LogP contribution is -2.35. The third-order valence-corrected chi connectivity index (χ3v) is 5.21. The molecule has 2 saturated heterocycles. The Morgan fingerprint density at radius 2 is 1.65 bits per heavy atom. The van der Waals surface area contributed by atoms with E-state index in [1.165, 1.54) is 15.9 Å². The first-order chi connectivity index (χ1) is 15.1. The zero-order chi connectivity index (χ0) is 21.6. The Labute approximate surface area is 180 Å². The second kappa shape index (κ2) is 9.62. The van der Waals surface area contributed by atoms with Gasteiger partial charge >= 0.3 is 6.09 Å². The van der Waals surface area contributed by atoms with Crippen LogP contribution in [0.3, 0.4) is 0 Å². The molecule has 2 aromatic rings. The predicted octanol–water partition coefficient (Wildman–Crippen LogP) is 1.75. The normalized spacial score (nSPS) is 18.8. The molecule has 2 amide bonds. The van der Waals surface area contributed by atoms with Gasteiger partial charge in [-0.05, 0) is 42.0 Å². The average Bonchev–Trinajstić information content (AvgIpc) is 3.21. The molecule has 2 N–H and O–H groups in total. The molecule has 2 heterocycles. The molecule has 2 aromatic carbocycles. The first kappa shape index (κ1) is 20.9. The molecule has 0 radical (unpaired) electrons. The highest BCUT2D eigenvalue weighted by atomic mass is 16.6. The molecule has 31 heavy (non-hydrogen) atoms. The van der Waals surface area contributed by atoms with Crippen molar-refractivity contribution >= 4 is 17.7 Å². The molecule has 0 saturated carbocycles. The van der Waals surface area contributed by atoms with Crippen LogP contribution in [-0.4, -0.2) is 61.1 Å². The van der Waals surface area contributed by atoms with Gasteiger partial charge in [0.1, 0.15) is 0 Å². The second-order valence-electron chi connectivity index (χ2n) is 7.34. The molecule has 2 aliphatic heterocycles. The van der Waals surface area contributed by atoms with Gasteiger partial charge in [-0.15, -0.1) is 0 Å². The van der Waals surface area contributed by atoms with Crippen LogP contribution in [-0.2, 0) is 20.8 Å². The number of hydrogen-bond acceptors (Lipinski definition) is 6. The molecule has 0 spiro atoms. The number of cyclic esters (lactones) is 1. The molecule has 8 heteroatoms. The van der Waals surface area contributed by atoms with E-state index in [9.17, 15) is 9.59 Å². The van der Waals surface area contributed by atoms with Crippen LogP contribution >= 0.6 is 0 Å². The fourth-order valence-corrected chi connectivity index (χ4v) is 3.46. The Balaban J connectivity index is 1.36. The van der Waals surface area contributed by atoms with E-state index in [2.05, 4.69) is 28.9 Å². The monoisotopic (exact) mass is 421 g/mol. The number of carbonyl (C=O) groups is 2. The summed E-state index contributed by atoms with van der Waals surface area (Å²) in [6.45, 7) is 4.45. The summed E-state index contributed by atoms with van der Waals surface area (Å²) in [4.78, 5) is 27.1. The van der Waals surface area contributed by atoms with Crippen molar-refractivity contribution < 1.29 is 24.3 Å². The Morgan fingerprint density at radius 1 is 1.03 bits per heavy atom. The van der Waals surface area contributed by atoms with E-state index < -0.39 is 18.1 Å². The standard InChI is InChI=1S/C23H23N3O5/c27-22(24-29)21-16-26(23(28)31-21)20-9-7-18(8-10-20)2-1-17-3-5-19(6-4-17)15-25-11-13-30-14-12-25/h3-10,21,29H,11-16H2,(H,24,27)/t21-/m1/s1. The zero-order valence-electron chi connectivity index (χ0n) is 16.9. The van der Waals surface area contributed by atoms with Gasteiger partial charge < -0.3 is 9.47 Å². The first-order valence-corrected chi connectivity index (χ1v) is 10.1. The van der Waals surface area contributed by atoms with Gasteiger partial charge in [0.15, 0.2) is 0 Å². The number of carbonyl (C=O) groups excluding carboxylic acids is 2. The summed E-state index contributed by atoms with van der Waals surface area (Å²) >= 11 is 0. The molecule has 2 fully saturated rings. The minimum atomic E-state index is -1.04. The highest BCUT2D eigenvalue weighted by Crippen LogP contribution is 2.22. The van der Waals surface area contributed by atoms with Gasteiger partial charge in [0.25, 0.3) is 5.91 Å². The van der Waals surface area contributed by atoms with Crippen LogP contribution in [0.4, 0.5) is 10.5 Å². The largest absolute Gasteiger partial charge is 0.434 e. The SMILES string of the molecule is O=C(NO)[C@H]1CN(c2ccc(C#Cc3ccc(CN4CCOCC4)cc3)cc2)C(=O)O1. The summed E-state index contributed by atoms with van der Waals surface area (Å²) in [6, 6.07) is 15.3. The van der Waals surface area contributed by atoms with Crippen LogP contribution in [0.2, 0.25) is 0 Å². The lowest BCUT2D eigenvalue weighted by molar-refractivity contribution is -0.136. The van der Waals surface area contributed by atoms with E-state index in [1.54, 1.807) is 12.1 Å². The number of benzene rings is 2. The number of amides is 2. The minimum Gasteiger partial charge on any atom is -0.434 e. The van der Waals surface area contributed by atoms with E-state index >= 15 is 0 Å². The maximum Gasteiger partial charge on any atom is 0.415 e. The van der Waals surface area contributed by atoms with Crippen molar-refractivity contribution in [2.24, 2.45) is 0 Å². The van der Waals surface area contributed by atoms with Gasteiger partial charge in [-0.1, -0.05) is 24.0 Å². The lowest BCUT2D eigenvalue weighted by Gasteiger charge is -2.26. The van der Waals surface area contributed by atoms with Gasteiger partial charge in [-0.3, -0.25) is 19.8 Å². The number of anilines is 1. The molecule has 160 valence electrons. The minimum absolute atomic E-state index is 0.0348. The number of nitrogens with zero attached hydrogens (tertiary/aromatic N) is 2. The number of ether oxygens (including phenoxy) is 2. The van der Waals surface area contributed by atoms with Crippen molar-refractivity contribution in [3.05, 3.63) is 65.2 Å². The molecule has 0 unspecified atom stereocenters. The summed E-state index contributed by atoms with van der Waals surface area (Å²) in [5.41, 5.74) is 5.07. The summed E-state index contributed by atoms with van der Waals surface area (Å²) in [7, 11) is 0. The third-order valence-electron chi connectivity index (χ3n) is 5.21. The molecule has 0 bridgehead atoms. The first-order valence-electron chi connectivity index (χ1n) is 10.1. The smallest absolute Gasteiger partial charge is 0.415 e. The fourth-order valence-electron chi connectivity index (χ4n) is 3.46. The van der Waals surface area contributed by atoms with Crippen LogP contribution in [0.5, 0.6) is 0 Å². The third kappa shape index (κ3) is 5.22. The maximum atomic E-state index is 12.0. The van der Waals surface area contributed by atoms with E-state index in [4.69, 9.17) is 14.7 Å². The number of hydrogen-bond donors (Lipinski definition) is 2. The molecule has 0 aromatic heterocycles. The van der Waals surface area contributed by atoms with E-state index in [-0.39, 0.29) is 6.54 Å². The van der Waals surface area contributed by atoms with Crippen molar-refractivity contribution in [1.29, 1.82) is 0 Å². The molecule has 1 atom stereocenters. The highest BCUT2D eigenvalue weighted by Gasteiger charge is 2.36. The van der Waals surface area contributed by atoms with Gasteiger partial charge in [-0.2, -0.15) is 0 Å². The molecular formula is C23H23N3O5. The van der Waals surface area contributed by atoms with Crippen molar-refractivity contribution in [2.75, 3.05) is 37.7 Å². The Hall–Kier alpha value is -3.38. The van der Waals surface area contributed by atoms with Gasteiger partial charge in [0.2, 0.25) is 6.10 Å². The number of rotatable bonds is 4. The number of nitrogens with one attached hydrogen (secondary N) is 1. The maximum absolute atomic E-state index is 12.0. The lowest BCUT2D eigenvalue weighted by atomic mass is 10.1.